The summed E-state index contributed by atoms with van der Waals surface area (Å²) < 4.78 is 0. The molecule has 0 aromatic carbocycles. The number of nitrogens with two attached hydrogens (primary N) is 2. The minimum absolute atomic E-state index is 0.130. The van der Waals surface area contributed by atoms with Gasteiger partial charge in [-0.25, -0.2) is 0 Å². The summed E-state index contributed by atoms with van der Waals surface area (Å²) in [5.41, 5.74) is 11.2. The number of rotatable bonds is 24. The van der Waals surface area contributed by atoms with Crippen LogP contribution in [0.5, 0.6) is 0 Å². The van der Waals surface area contributed by atoms with Crippen LogP contribution in [0.2, 0.25) is 0 Å². The van der Waals surface area contributed by atoms with Gasteiger partial charge in [-0.1, -0.05) is 79.8 Å². The van der Waals surface area contributed by atoms with Crippen molar-refractivity contribution in [3.05, 3.63) is 72.9 Å². The summed E-state index contributed by atoms with van der Waals surface area (Å²) in [4.78, 5) is 14.4. The second-order valence-electron chi connectivity index (χ2n) is 8.78. The third kappa shape index (κ3) is 26.4. The number of amides is 1. The molecule has 0 fully saturated rings. The van der Waals surface area contributed by atoms with Crippen molar-refractivity contribution >= 4 is 5.91 Å². The maximum atomic E-state index is 12.0. The van der Waals surface area contributed by atoms with Crippen LogP contribution in [-0.2, 0) is 4.79 Å². The first-order valence-electron chi connectivity index (χ1n) is 14.0. The van der Waals surface area contributed by atoms with Crippen molar-refractivity contribution in [1.29, 1.82) is 0 Å². The highest BCUT2D eigenvalue weighted by Crippen LogP contribution is 1.99. The zero-order valence-electron chi connectivity index (χ0n) is 23.0. The highest BCUT2D eigenvalue weighted by atomic mass is 16.1. The summed E-state index contributed by atoms with van der Waals surface area (Å²) in [6.07, 6.45) is 36.6. The third-order valence-corrected chi connectivity index (χ3v) is 5.46. The van der Waals surface area contributed by atoms with Crippen LogP contribution < -0.4 is 16.8 Å². The predicted octanol–water partition coefficient (Wildman–Crippen LogP) is 5.97. The maximum Gasteiger partial charge on any atom is 0.220 e. The summed E-state index contributed by atoms with van der Waals surface area (Å²) in [7, 11) is 0. The minimum Gasteiger partial charge on any atom is -0.356 e. The molecule has 5 N–H and O–H groups in total. The van der Waals surface area contributed by atoms with Gasteiger partial charge >= 0.3 is 0 Å². The first-order chi connectivity index (χ1) is 17.7. The van der Waals surface area contributed by atoms with Crippen molar-refractivity contribution < 1.29 is 4.79 Å². The number of nitrogens with zero attached hydrogens (tertiary/aromatic N) is 1. The Kier molecular flexibility index (Phi) is 27.2. The van der Waals surface area contributed by atoms with Gasteiger partial charge in [0, 0.05) is 13.0 Å². The van der Waals surface area contributed by atoms with Crippen LogP contribution in [0, 0.1) is 0 Å². The van der Waals surface area contributed by atoms with Gasteiger partial charge in [-0.05, 0) is 96.9 Å². The zero-order valence-corrected chi connectivity index (χ0v) is 23.0. The highest BCUT2D eigenvalue weighted by molar-refractivity contribution is 5.75. The van der Waals surface area contributed by atoms with Crippen molar-refractivity contribution in [2.24, 2.45) is 11.5 Å². The van der Waals surface area contributed by atoms with Crippen LogP contribution in [0.25, 0.3) is 0 Å². The van der Waals surface area contributed by atoms with Crippen molar-refractivity contribution in [2.45, 2.75) is 77.6 Å². The Bertz CT molecular complexity index is 653. The molecule has 204 valence electrons. The number of allylic oxidation sites excluding steroid dienone is 12. The Morgan fingerprint density at radius 3 is 1.50 bits per heavy atom. The molecule has 0 atom stereocenters. The Balaban J connectivity index is 3.69. The molecule has 0 saturated carbocycles. The molecule has 0 heterocycles. The van der Waals surface area contributed by atoms with Gasteiger partial charge in [-0.3, -0.25) is 4.79 Å². The molecule has 0 rings (SSSR count). The number of carbonyl (C=O) groups is 1. The Morgan fingerprint density at radius 1 is 0.639 bits per heavy atom. The first-order valence-corrected chi connectivity index (χ1v) is 14.0. The van der Waals surface area contributed by atoms with E-state index in [-0.39, 0.29) is 5.91 Å². The SMILES string of the molecule is CC/C=C\C/C=C\C/C=C\C/C=C\C/C=C\C/C=C\CCC(=O)NCCCN(CCCN)CCCN. The van der Waals surface area contributed by atoms with E-state index in [0.717, 1.165) is 90.4 Å². The fraction of sp³-hybridized carbons (Fsp3) is 0.581. The zero-order chi connectivity index (χ0) is 26.4. The summed E-state index contributed by atoms with van der Waals surface area (Å²) in [6, 6.07) is 0. The summed E-state index contributed by atoms with van der Waals surface area (Å²) >= 11 is 0. The largest absolute Gasteiger partial charge is 0.356 e. The highest BCUT2D eigenvalue weighted by Gasteiger charge is 2.04. The third-order valence-electron chi connectivity index (χ3n) is 5.46. The second-order valence-corrected chi connectivity index (χ2v) is 8.78. The standard InChI is InChI=1S/C31H54N4O/c1-2-3-4-5-6-7-8-9-10-11-12-13-14-15-16-17-18-19-20-24-31(36)34-27-23-30-35(28-21-25-32)29-22-26-33/h3-4,6-7,9-10,12-13,15-16,18-19H,2,5,8,11,14,17,20-30,32-33H2,1H3,(H,34,36)/b4-3-,7-6-,10-9-,13-12-,16-15-,19-18-. The van der Waals surface area contributed by atoms with Crippen molar-refractivity contribution in [3.8, 4) is 0 Å². The number of hydrogen-bond donors (Lipinski definition) is 3. The van der Waals surface area contributed by atoms with Gasteiger partial charge in [-0.2, -0.15) is 0 Å². The van der Waals surface area contributed by atoms with Gasteiger partial charge in [0.05, 0.1) is 0 Å². The van der Waals surface area contributed by atoms with E-state index in [1.807, 2.05) is 0 Å². The number of nitrogens with one attached hydrogen (secondary N) is 1. The van der Waals surface area contributed by atoms with E-state index < -0.39 is 0 Å². The molecule has 0 radical (unpaired) electrons. The van der Waals surface area contributed by atoms with E-state index in [2.05, 4.69) is 90.1 Å². The smallest absolute Gasteiger partial charge is 0.220 e. The number of hydrogen-bond acceptors (Lipinski definition) is 4. The lowest BCUT2D eigenvalue weighted by Crippen LogP contribution is -2.32. The van der Waals surface area contributed by atoms with Crippen LogP contribution in [0.15, 0.2) is 72.9 Å². The molecule has 0 spiro atoms. The van der Waals surface area contributed by atoms with Gasteiger partial charge in [0.2, 0.25) is 5.91 Å². The van der Waals surface area contributed by atoms with Crippen LogP contribution >= 0.6 is 0 Å². The Labute approximate surface area is 222 Å². The lowest BCUT2D eigenvalue weighted by molar-refractivity contribution is -0.121. The van der Waals surface area contributed by atoms with E-state index in [1.54, 1.807) is 0 Å². The molecule has 0 aromatic rings. The lowest BCUT2D eigenvalue weighted by Gasteiger charge is -2.21. The maximum absolute atomic E-state index is 12.0. The fourth-order valence-corrected chi connectivity index (χ4v) is 3.44. The fourth-order valence-electron chi connectivity index (χ4n) is 3.44. The molecule has 0 aliphatic heterocycles. The summed E-state index contributed by atoms with van der Waals surface area (Å²) in [5.74, 6) is 0.130. The molecule has 1 amide bonds. The van der Waals surface area contributed by atoms with Gasteiger partial charge < -0.3 is 21.7 Å². The second kappa shape index (κ2) is 29.0. The van der Waals surface area contributed by atoms with E-state index in [9.17, 15) is 4.79 Å². The van der Waals surface area contributed by atoms with E-state index in [1.165, 1.54) is 0 Å². The van der Waals surface area contributed by atoms with Gasteiger partial charge in [0.25, 0.3) is 0 Å². The molecule has 36 heavy (non-hydrogen) atoms. The normalized spacial score (nSPS) is 12.8. The van der Waals surface area contributed by atoms with E-state index >= 15 is 0 Å². The minimum atomic E-state index is 0.130. The predicted molar refractivity (Wildman–Crippen MR) is 159 cm³/mol. The molecular formula is C31H54N4O. The average molecular weight is 499 g/mol. The molecule has 0 unspecified atom stereocenters. The molecule has 5 nitrogen and oxygen atoms in total. The average Bonchev–Trinajstić information content (AvgIpc) is 2.89. The molecule has 0 aromatic heterocycles. The molecular weight excluding hydrogens is 444 g/mol. The van der Waals surface area contributed by atoms with Crippen LogP contribution in [0.3, 0.4) is 0 Å². The summed E-state index contributed by atoms with van der Waals surface area (Å²) in [6.45, 7) is 7.30. The molecule has 0 aliphatic rings. The molecule has 0 saturated heterocycles. The van der Waals surface area contributed by atoms with E-state index in [4.69, 9.17) is 11.5 Å². The van der Waals surface area contributed by atoms with Crippen molar-refractivity contribution in [3.63, 3.8) is 0 Å². The topological polar surface area (TPSA) is 84.4 Å². The van der Waals surface area contributed by atoms with Crippen molar-refractivity contribution in [1.82, 2.24) is 10.2 Å². The van der Waals surface area contributed by atoms with Gasteiger partial charge in [0.1, 0.15) is 0 Å². The quantitative estimate of drug-likeness (QED) is 0.113. The van der Waals surface area contributed by atoms with Gasteiger partial charge in [0.15, 0.2) is 0 Å². The number of carbonyl (C=O) groups excluding carboxylic acids is 1. The van der Waals surface area contributed by atoms with Gasteiger partial charge in [-0.15, -0.1) is 0 Å². The van der Waals surface area contributed by atoms with Crippen LogP contribution in [-0.4, -0.2) is 50.1 Å². The van der Waals surface area contributed by atoms with Crippen LogP contribution in [0.4, 0.5) is 0 Å². The van der Waals surface area contributed by atoms with E-state index in [0.29, 0.717) is 19.5 Å². The Morgan fingerprint density at radius 2 is 1.06 bits per heavy atom. The molecule has 5 heteroatoms. The first kappa shape index (κ1) is 33.8. The lowest BCUT2D eigenvalue weighted by atomic mass is 10.2. The monoisotopic (exact) mass is 498 g/mol. The molecule has 0 bridgehead atoms. The van der Waals surface area contributed by atoms with Crippen LogP contribution in [0.1, 0.15) is 77.6 Å². The molecule has 0 aliphatic carbocycles. The van der Waals surface area contributed by atoms with Crippen molar-refractivity contribution in [2.75, 3.05) is 39.3 Å². The Hall–Kier alpha value is -2.21. The summed E-state index contributed by atoms with van der Waals surface area (Å²) in [5, 5.41) is 3.03.